The van der Waals surface area contributed by atoms with Crippen LogP contribution in [0.1, 0.15) is 10.8 Å². The van der Waals surface area contributed by atoms with Crippen molar-refractivity contribution in [2.24, 2.45) is 0 Å². The van der Waals surface area contributed by atoms with E-state index in [2.05, 4.69) is 22.0 Å². The Kier molecular flexibility index (Phi) is 8.41. The third-order valence-electron chi connectivity index (χ3n) is 6.06. The van der Waals surface area contributed by atoms with E-state index in [0.717, 1.165) is 38.3 Å². The molecule has 0 heterocycles. The topological polar surface area (TPSA) is 62.4 Å². The molecule has 0 saturated carbocycles. The van der Waals surface area contributed by atoms with Gasteiger partial charge >= 0.3 is 0 Å². The lowest BCUT2D eigenvalue weighted by Gasteiger charge is -2.18. The summed E-state index contributed by atoms with van der Waals surface area (Å²) >= 11 is 7.02. The molecule has 0 fully saturated rings. The van der Waals surface area contributed by atoms with E-state index in [4.69, 9.17) is 17.0 Å². The minimum Gasteiger partial charge on any atom is -0.495 e. The molecule has 0 bridgehead atoms. The summed E-state index contributed by atoms with van der Waals surface area (Å²) in [6, 6.07) is 39.3. The highest BCUT2D eigenvalue weighted by atomic mass is 32.2. The number of carbonyl (C=O) groups excluding carboxylic acids is 1. The molecular weight excluding hydrogens is 523 g/mol. The van der Waals surface area contributed by atoms with Crippen molar-refractivity contribution in [2.75, 3.05) is 23.1 Å². The first-order valence-electron chi connectivity index (χ1n) is 12.4. The maximum absolute atomic E-state index is 13.6. The number of nitrogens with one attached hydrogen (secondary N) is 3. The van der Waals surface area contributed by atoms with Crippen LogP contribution in [-0.4, -0.2) is 18.1 Å². The lowest BCUT2D eigenvalue weighted by molar-refractivity contribution is -0.115. The first-order valence-corrected chi connectivity index (χ1v) is 13.7. The zero-order valence-corrected chi connectivity index (χ0v) is 22.9. The summed E-state index contributed by atoms with van der Waals surface area (Å²) in [5.74, 6) is 0.613. The summed E-state index contributed by atoms with van der Waals surface area (Å²) < 4.78 is 5.40. The van der Waals surface area contributed by atoms with Crippen molar-refractivity contribution in [1.29, 1.82) is 0 Å². The Balaban J connectivity index is 1.32. The summed E-state index contributed by atoms with van der Waals surface area (Å²) in [6.07, 6.45) is 0. The first-order chi connectivity index (χ1) is 19.1. The molecule has 1 atom stereocenters. The third-order valence-corrected chi connectivity index (χ3v) is 7.51. The number of ether oxygens (including phenoxy) is 1. The summed E-state index contributed by atoms with van der Waals surface area (Å²) in [4.78, 5) is 14.5. The van der Waals surface area contributed by atoms with Crippen molar-refractivity contribution in [3.8, 4) is 5.75 Å². The number of anilines is 3. The van der Waals surface area contributed by atoms with Gasteiger partial charge in [0, 0.05) is 16.3 Å². The quantitative estimate of drug-likeness (QED) is 0.134. The van der Waals surface area contributed by atoms with Crippen LogP contribution in [0.15, 0.2) is 126 Å². The Morgan fingerprint density at radius 3 is 2.26 bits per heavy atom. The van der Waals surface area contributed by atoms with E-state index < -0.39 is 5.25 Å². The van der Waals surface area contributed by atoms with Gasteiger partial charge in [-0.2, -0.15) is 0 Å². The van der Waals surface area contributed by atoms with Crippen LogP contribution in [0, 0.1) is 0 Å². The smallest absolute Gasteiger partial charge is 0.242 e. The van der Waals surface area contributed by atoms with Gasteiger partial charge < -0.3 is 20.7 Å². The maximum atomic E-state index is 13.6. The molecule has 1 amide bonds. The molecule has 7 heteroatoms. The largest absolute Gasteiger partial charge is 0.495 e. The van der Waals surface area contributed by atoms with Crippen molar-refractivity contribution >= 4 is 62.8 Å². The molecular formula is C32H27N3O2S2. The zero-order valence-electron chi connectivity index (χ0n) is 21.3. The molecule has 0 aliphatic rings. The highest BCUT2D eigenvalue weighted by Crippen LogP contribution is 2.37. The van der Waals surface area contributed by atoms with Gasteiger partial charge in [0.05, 0.1) is 12.8 Å². The monoisotopic (exact) mass is 549 g/mol. The van der Waals surface area contributed by atoms with Crippen LogP contribution in [0.5, 0.6) is 5.75 Å². The average molecular weight is 550 g/mol. The molecule has 0 spiro atoms. The lowest BCUT2D eigenvalue weighted by Crippen LogP contribution is -2.20. The Bertz CT molecular complexity index is 1610. The van der Waals surface area contributed by atoms with Gasteiger partial charge in [0.1, 0.15) is 11.0 Å². The van der Waals surface area contributed by atoms with Crippen molar-refractivity contribution < 1.29 is 9.53 Å². The highest BCUT2D eigenvalue weighted by Gasteiger charge is 2.22. The molecule has 0 aliphatic heterocycles. The van der Waals surface area contributed by atoms with Gasteiger partial charge in [0.2, 0.25) is 5.91 Å². The van der Waals surface area contributed by atoms with Crippen molar-refractivity contribution in [2.45, 2.75) is 10.1 Å². The number of hydrogen-bond donors (Lipinski definition) is 3. The van der Waals surface area contributed by atoms with Gasteiger partial charge in [0.15, 0.2) is 5.11 Å². The number of hydrogen-bond acceptors (Lipinski definition) is 4. The van der Waals surface area contributed by atoms with Crippen LogP contribution in [-0.2, 0) is 4.79 Å². The van der Waals surface area contributed by atoms with Crippen molar-refractivity contribution in [3.63, 3.8) is 0 Å². The number of benzene rings is 5. The van der Waals surface area contributed by atoms with Crippen LogP contribution >= 0.6 is 24.0 Å². The molecule has 3 N–H and O–H groups in total. The molecule has 0 saturated heterocycles. The fourth-order valence-corrected chi connectivity index (χ4v) is 5.50. The molecule has 0 aromatic heterocycles. The molecule has 1 unspecified atom stereocenters. The van der Waals surface area contributed by atoms with Gasteiger partial charge in [-0.15, -0.1) is 11.8 Å². The summed E-state index contributed by atoms with van der Waals surface area (Å²) in [7, 11) is 1.62. The van der Waals surface area contributed by atoms with Crippen LogP contribution in [0.25, 0.3) is 10.8 Å². The lowest BCUT2D eigenvalue weighted by atomic mass is 10.1. The molecule has 5 aromatic rings. The predicted molar refractivity (Wildman–Crippen MR) is 167 cm³/mol. The van der Waals surface area contributed by atoms with Gasteiger partial charge in [0.25, 0.3) is 0 Å². The van der Waals surface area contributed by atoms with Crippen LogP contribution < -0.4 is 20.7 Å². The normalized spacial score (nSPS) is 11.4. The predicted octanol–water partition coefficient (Wildman–Crippen LogP) is 8.13. The van der Waals surface area contributed by atoms with E-state index in [1.807, 2.05) is 115 Å². The third kappa shape index (κ3) is 6.76. The van der Waals surface area contributed by atoms with E-state index in [1.165, 1.54) is 11.8 Å². The molecule has 5 rings (SSSR count). The molecule has 5 aromatic carbocycles. The highest BCUT2D eigenvalue weighted by molar-refractivity contribution is 8.00. The van der Waals surface area contributed by atoms with Gasteiger partial charge in [-0.25, -0.2) is 0 Å². The number of thioether (sulfide) groups is 1. The molecule has 0 radical (unpaired) electrons. The number of amides is 1. The number of carbonyl (C=O) groups is 1. The van der Waals surface area contributed by atoms with Gasteiger partial charge in [-0.1, -0.05) is 78.9 Å². The number of methoxy groups -OCH3 is 1. The van der Waals surface area contributed by atoms with E-state index >= 15 is 0 Å². The minimum atomic E-state index is -0.452. The van der Waals surface area contributed by atoms with E-state index in [0.29, 0.717) is 10.9 Å². The Labute approximate surface area is 237 Å². The van der Waals surface area contributed by atoms with E-state index in [9.17, 15) is 4.79 Å². The molecule has 194 valence electrons. The van der Waals surface area contributed by atoms with Gasteiger partial charge in [-0.05, 0) is 71.0 Å². The van der Waals surface area contributed by atoms with Gasteiger partial charge in [-0.3, -0.25) is 4.79 Å². The maximum Gasteiger partial charge on any atom is 0.242 e. The molecule has 39 heavy (non-hydrogen) atoms. The second-order valence-electron chi connectivity index (χ2n) is 8.77. The summed E-state index contributed by atoms with van der Waals surface area (Å²) in [5, 5.41) is 11.7. The Hall–Kier alpha value is -4.33. The Morgan fingerprint density at radius 1 is 0.718 bits per heavy atom. The van der Waals surface area contributed by atoms with Crippen LogP contribution in [0.2, 0.25) is 0 Å². The average Bonchev–Trinajstić information content (AvgIpc) is 2.96. The Morgan fingerprint density at radius 2 is 1.44 bits per heavy atom. The van der Waals surface area contributed by atoms with Crippen molar-refractivity contribution in [1.82, 2.24) is 0 Å². The first kappa shape index (κ1) is 26.3. The number of rotatable bonds is 8. The number of para-hydroxylation sites is 2. The minimum absolute atomic E-state index is 0.0896. The van der Waals surface area contributed by atoms with Crippen LogP contribution in [0.3, 0.4) is 0 Å². The molecule has 5 nitrogen and oxygen atoms in total. The fourth-order valence-electron chi connectivity index (χ4n) is 4.19. The zero-order chi connectivity index (χ0) is 27.0. The van der Waals surface area contributed by atoms with Crippen LogP contribution in [0.4, 0.5) is 17.1 Å². The molecule has 0 aliphatic carbocycles. The second-order valence-corrected chi connectivity index (χ2v) is 10.4. The second kappa shape index (κ2) is 12.5. The summed E-state index contributed by atoms with van der Waals surface area (Å²) in [6.45, 7) is 0. The standard InChI is InChI=1S/C32H27N3O2S2/c1-37-29-17-8-7-16-28(29)35-32(38)34-25-14-9-15-27(21-25)39-30(23-11-3-2-4-12-23)31(36)33-26-19-18-22-10-5-6-13-24(22)20-26/h2-21,30H,1H3,(H,33,36)(H2,34,35,38). The number of fused-ring (bicyclic) bond motifs is 1. The fraction of sp³-hybridized carbons (Fsp3) is 0.0625. The SMILES string of the molecule is COc1ccccc1NC(=S)Nc1cccc(SC(C(=O)Nc2ccc3ccccc3c2)c2ccccc2)c1. The summed E-state index contributed by atoms with van der Waals surface area (Å²) in [5.41, 5.74) is 3.28. The van der Waals surface area contributed by atoms with E-state index in [1.54, 1.807) is 7.11 Å². The van der Waals surface area contributed by atoms with E-state index in [-0.39, 0.29) is 5.91 Å². The number of thiocarbonyl (C=S) groups is 1. The van der Waals surface area contributed by atoms with Crippen molar-refractivity contribution in [3.05, 3.63) is 127 Å².